The van der Waals surface area contributed by atoms with Crippen molar-refractivity contribution in [3.63, 3.8) is 0 Å². The molecule has 226 valence electrons. The maximum absolute atomic E-state index is 12.4. The number of hydrogen-bond acceptors (Lipinski definition) is 15. The maximum Gasteiger partial charge on any atom is 0.270 e. The number of rotatable bonds is 7. The smallest absolute Gasteiger partial charge is 0.270 e. The zero-order valence-corrected chi connectivity index (χ0v) is 23.4. The molecule has 0 aliphatic heterocycles. The third kappa shape index (κ3) is 6.77. The molecule has 21 heteroatoms. The minimum Gasteiger partial charge on any atom is -0.390 e. The van der Waals surface area contributed by atoms with Crippen LogP contribution >= 0.6 is 0 Å². The Labute approximate surface area is 230 Å². The van der Waals surface area contributed by atoms with Gasteiger partial charge in [-0.2, -0.15) is 50.4 Å². The molecule has 0 aromatic carbocycles. The maximum atomic E-state index is 12.4. The van der Waals surface area contributed by atoms with Crippen molar-refractivity contribution >= 4 is 48.2 Å². The lowest BCUT2D eigenvalue weighted by molar-refractivity contribution is -0.0110. The number of nitrogen functional groups attached to an aromatic ring is 2. The molecule has 18 nitrogen and oxygen atoms in total. The number of aliphatic hydroxyl groups excluding tert-OH is 1. The summed E-state index contributed by atoms with van der Waals surface area (Å²) in [6.45, 7) is 0. The van der Waals surface area contributed by atoms with Gasteiger partial charge >= 0.3 is 0 Å². The lowest BCUT2D eigenvalue weighted by Crippen LogP contribution is -2.60. The Hall–Kier alpha value is -2.30. The van der Waals surface area contributed by atoms with Crippen molar-refractivity contribution < 1.29 is 44.0 Å². The van der Waals surface area contributed by atoms with Gasteiger partial charge in [0.1, 0.15) is 16.5 Å². The third-order valence-corrected chi connectivity index (χ3v) is 11.7. The number of fused-ring (bicyclic) bond motifs is 1. The Balaban J connectivity index is 1.71. The average Bonchev–Trinajstić information content (AvgIpc) is 2.80. The summed E-state index contributed by atoms with van der Waals surface area (Å²) >= 11 is 0. The molecule has 1 heterocycles. The lowest BCUT2D eigenvalue weighted by atomic mass is 9.65. The van der Waals surface area contributed by atoms with Gasteiger partial charge in [0.25, 0.3) is 30.4 Å². The van der Waals surface area contributed by atoms with E-state index in [0.717, 1.165) is 0 Å². The summed E-state index contributed by atoms with van der Waals surface area (Å²) in [6, 6.07) is -3.56. The summed E-state index contributed by atoms with van der Waals surface area (Å²) in [6.07, 6.45) is -1.03. The van der Waals surface area contributed by atoms with Crippen molar-refractivity contribution in [2.45, 2.75) is 84.9 Å². The molecule has 0 bridgehead atoms. The second-order valence-electron chi connectivity index (χ2n) is 10.5. The van der Waals surface area contributed by atoms with E-state index in [1.807, 2.05) is 0 Å². The Morgan fingerprint density at radius 3 is 1.95 bits per heavy atom. The van der Waals surface area contributed by atoms with Gasteiger partial charge in [-0.15, -0.1) is 0 Å². The number of nitrogens with one attached hydrogen (secondary N) is 1. The zero-order valence-electron chi connectivity index (χ0n) is 21.0. The Morgan fingerprint density at radius 1 is 0.775 bits per heavy atom. The second kappa shape index (κ2) is 11.2. The molecule has 3 aliphatic rings. The van der Waals surface area contributed by atoms with E-state index in [9.17, 15) is 44.0 Å². The van der Waals surface area contributed by atoms with E-state index in [2.05, 4.69) is 30.5 Å². The molecule has 0 radical (unpaired) electrons. The van der Waals surface area contributed by atoms with E-state index in [1.54, 1.807) is 0 Å². The number of azo groups is 1. The quantitative estimate of drug-likeness (QED) is 0.143. The Kier molecular flexibility index (Phi) is 8.56. The lowest BCUT2D eigenvalue weighted by Gasteiger charge is -2.49. The van der Waals surface area contributed by atoms with Crippen LogP contribution in [0.3, 0.4) is 0 Å². The molecule has 0 amide bonds. The number of aromatic nitrogens is 3. The van der Waals surface area contributed by atoms with Gasteiger partial charge in [-0.05, 0) is 38.0 Å². The zero-order chi connectivity index (χ0) is 29.6. The molecule has 9 atom stereocenters. The van der Waals surface area contributed by atoms with Gasteiger partial charge in [0.05, 0.1) is 17.4 Å². The van der Waals surface area contributed by atoms with Crippen molar-refractivity contribution in [1.29, 1.82) is 0 Å². The summed E-state index contributed by atoms with van der Waals surface area (Å²) in [7, 11) is -14.0. The standard InChI is InChI=1S/C19H32N8O10S3/c20-17-23-18(21)25-19(24-17)22-11-7-9(38(29,30)31)5-8-6-13(40(35,36)37)15(16(28)14(8)11)27-26-10-3-1-2-4-12(10)39(32,33)34/h8-16,28H,1-7H2,(H,29,30,31)(H,32,33,34)(H,35,36,37)(H5,20,21,22,23,24,25). The summed E-state index contributed by atoms with van der Waals surface area (Å²) in [4.78, 5) is 11.4. The van der Waals surface area contributed by atoms with Crippen molar-refractivity contribution in [2.75, 3.05) is 16.8 Å². The fraction of sp³-hybridized carbons (Fsp3) is 0.842. The average molecular weight is 629 g/mol. The number of nitrogens with zero attached hydrogens (tertiary/aromatic N) is 5. The number of aliphatic hydroxyl groups is 1. The van der Waals surface area contributed by atoms with E-state index in [-0.39, 0.29) is 49.9 Å². The van der Waals surface area contributed by atoms with E-state index in [1.165, 1.54) is 0 Å². The monoisotopic (exact) mass is 628 g/mol. The van der Waals surface area contributed by atoms with Crippen molar-refractivity contribution in [3.05, 3.63) is 0 Å². The first-order valence-corrected chi connectivity index (χ1v) is 17.0. The van der Waals surface area contributed by atoms with E-state index >= 15 is 0 Å². The second-order valence-corrected chi connectivity index (χ2v) is 15.4. The van der Waals surface area contributed by atoms with Gasteiger partial charge < -0.3 is 21.9 Å². The minimum atomic E-state index is -4.87. The number of nitrogens with two attached hydrogens (primary N) is 2. The molecule has 3 fully saturated rings. The molecular formula is C19H32N8O10S3. The third-order valence-electron chi connectivity index (χ3n) is 7.94. The van der Waals surface area contributed by atoms with Crippen LogP contribution in [0.25, 0.3) is 0 Å². The van der Waals surface area contributed by atoms with Crippen LogP contribution in [0, 0.1) is 11.8 Å². The normalized spacial score (nSPS) is 35.8. The van der Waals surface area contributed by atoms with Crippen molar-refractivity contribution in [2.24, 2.45) is 22.1 Å². The van der Waals surface area contributed by atoms with Crippen LogP contribution in [0.5, 0.6) is 0 Å². The molecule has 9 N–H and O–H groups in total. The molecule has 40 heavy (non-hydrogen) atoms. The predicted octanol–water partition coefficient (Wildman–Crippen LogP) is -0.860. The highest BCUT2D eigenvalue weighted by molar-refractivity contribution is 7.87. The highest BCUT2D eigenvalue weighted by atomic mass is 32.2. The van der Waals surface area contributed by atoms with Gasteiger partial charge in [0, 0.05) is 12.0 Å². The van der Waals surface area contributed by atoms with Crippen LogP contribution < -0.4 is 16.8 Å². The van der Waals surface area contributed by atoms with Crippen LogP contribution in [-0.2, 0) is 30.4 Å². The van der Waals surface area contributed by atoms with Crippen LogP contribution in [0.4, 0.5) is 17.8 Å². The SMILES string of the molecule is Nc1nc(N)nc(NC2CC(S(=O)(=O)O)CC3CC(S(=O)(=O)O)C(N=NC4CCCCC4S(=O)(=O)O)C(O)C32)n1. The highest BCUT2D eigenvalue weighted by Crippen LogP contribution is 2.46. The largest absolute Gasteiger partial charge is 0.390 e. The first-order valence-electron chi connectivity index (χ1n) is 12.5. The Morgan fingerprint density at radius 2 is 1.38 bits per heavy atom. The fourth-order valence-corrected chi connectivity index (χ4v) is 9.26. The summed E-state index contributed by atoms with van der Waals surface area (Å²) < 4.78 is 102. The highest BCUT2D eigenvalue weighted by Gasteiger charge is 2.55. The summed E-state index contributed by atoms with van der Waals surface area (Å²) in [5, 5.41) is 18.0. The molecule has 3 saturated carbocycles. The van der Waals surface area contributed by atoms with Crippen molar-refractivity contribution in [3.8, 4) is 0 Å². The predicted molar refractivity (Wildman–Crippen MR) is 140 cm³/mol. The first-order chi connectivity index (χ1) is 18.4. The first kappa shape index (κ1) is 30.7. The molecule has 3 aliphatic carbocycles. The van der Waals surface area contributed by atoms with Gasteiger partial charge in [-0.3, -0.25) is 13.7 Å². The summed E-state index contributed by atoms with van der Waals surface area (Å²) in [5.41, 5.74) is 11.2. The van der Waals surface area contributed by atoms with Gasteiger partial charge in [0.2, 0.25) is 17.8 Å². The number of hydrogen-bond donors (Lipinski definition) is 7. The minimum absolute atomic E-state index is 0.114. The summed E-state index contributed by atoms with van der Waals surface area (Å²) in [5.74, 6) is -2.44. The van der Waals surface area contributed by atoms with Gasteiger partial charge in [-0.1, -0.05) is 12.8 Å². The molecule has 4 rings (SSSR count). The van der Waals surface area contributed by atoms with E-state index in [0.29, 0.717) is 12.8 Å². The van der Waals surface area contributed by atoms with Crippen LogP contribution in [0.2, 0.25) is 0 Å². The van der Waals surface area contributed by atoms with Gasteiger partial charge in [-0.25, -0.2) is 0 Å². The molecule has 0 saturated heterocycles. The molecule has 1 aromatic heterocycles. The molecule has 1 aromatic rings. The number of anilines is 3. The molecule has 9 unspecified atom stereocenters. The topological polar surface area (TPSA) is 311 Å². The van der Waals surface area contributed by atoms with Crippen LogP contribution in [-0.4, -0.2) is 98.9 Å². The Bertz CT molecular complexity index is 1440. The van der Waals surface area contributed by atoms with E-state index in [4.69, 9.17) is 11.5 Å². The molecule has 0 spiro atoms. The van der Waals surface area contributed by atoms with Crippen LogP contribution in [0.15, 0.2) is 10.2 Å². The van der Waals surface area contributed by atoms with Crippen molar-refractivity contribution in [1.82, 2.24) is 15.0 Å². The molecular weight excluding hydrogens is 596 g/mol. The van der Waals surface area contributed by atoms with Crippen LogP contribution in [0.1, 0.15) is 44.9 Å². The van der Waals surface area contributed by atoms with Gasteiger partial charge in [0.15, 0.2) is 0 Å². The van der Waals surface area contributed by atoms with E-state index < -0.39 is 82.2 Å². The fourth-order valence-electron chi connectivity index (χ4n) is 6.21.